The standard InChI is InChI=1S/C23H27Cl2FN4O/c1-15-21(23(31)28-29-12-4-2-3-5-13-29)27-30(20-11-8-17(24)14-19(20)25)22(15)16-6-9-18(26)10-7-16/h6-11,14-15,21-22,27H,2-5,12-13H2,1H3,(H,28,31). The summed E-state index contributed by atoms with van der Waals surface area (Å²) in [5.41, 5.74) is 8.08. The van der Waals surface area contributed by atoms with Crippen LogP contribution in [0.25, 0.3) is 0 Å². The average molecular weight is 465 g/mol. The maximum Gasteiger partial charge on any atom is 0.253 e. The van der Waals surface area contributed by atoms with E-state index in [0.717, 1.165) is 37.2 Å². The highest BCUT2D eigenvalue weighted by Crippen LogP contribution is 2.41. The SMILES string of the molecule is CC1C(C(=O)NN2CCCCCC2)NN(c2ccc(Cl)cc2Cl)C1c1ccc(F)cc1. The van der Waals surface area contributed by atoms with Gasteiger partial charge in [-0.3, -0.25) is 15.2 Å². The van der Waals surface area contributed by atoms with Gasteiger partial charge >= 0.3 is 0 Å². The van der Waals surface area contributed by atoms with E-state index in [-0.39, 0.29) is 23.7 Å². The van der Waals surface area contributed by atoms with Crippen molar-refractivity contribution in [3.05, 3.63) is 63.9 Å². The molecule has 0 bridgehead atoms. The number of nitrogens with one attached hydrogen (secondary N) is 2. The lowest BCUT2D eigenvalue weighted by atomic mass is 9.90. The van der Waals surface area contributed by atoms with E-state index in [4.69, 9.17) is 23.2 Å². The van der Waals surface area contributed by atoms with Gasteiger partial charge in [-0.05, 0) is 48.7 Å². The number of benzene rings is 2. The van der Waals surface area contributed by atoms with Gasteiger partial charge in [-0.1, -0.05) is 55.1 Å². The zero-order valence-corrected chi connectivity index (χ0v) is 19.0. The molecule has 3 unspecified atom stereocenters. The summed E-state index contributed by atoms with van der Waals surface area (Å²) in [5, 5.41) is 4.94. The van der Waals surface area contributed by atoms with Crippen molar-refractivity contribution >= 4 is 34.8 Å². The topological polar surface area (TPSA) is 47.6 Å². The van der Waals surface area contributed by atoms with Crippen molar-refractivity contribution in [2.45, 2.75) is 44.7 Å². The average Bonchev–Trinajstić information content (AvgIpc) is 2.89. The van der Waals surface area contributed by atoms with Crippen LogP contribution in [-0.2, 0) is 4.79 Å². The van der Waals surface area contributed by atoms with Crippen LogP contribution in [0, 0.1) is 11.7 Å². The third kappa shape index (κ3) is 4.98. The Kier molecular flexibility index (Phi) is 7.02. The Labute approximate surface area is 192 Å². The Morgan fingerprint density at radius 2 is 1.74 bits per heavy atom. The third-order valence-electron chi connectivity index (χ3n) is 6.12. The van der Waals surface area contributed by atoms with Gasteiger partial charge in [0.25, 0.3) is 5.91 Å². The minimum atomic E-state index is -0.468. The van der Waals surface area contributed by atoms with Crippen LogP contribution in [0.15, 0.2) is 42.5 Å². The number of carbonyl (C=O) groups is 1. The number of hydrogen-bond donors (Lipinski definition) is 2. The molecule has 4 rings (SSSR count). The lowest BCUT2D eigenvalue weighted by Crippen LogP contribution is -2.52. The number of amides is 1. The van der Waals surface area contributed by atoms with Gasteiger partial charge in [-0.15, -0.1) is 0 Å². The van der Waals surface area contributed by atoms with Crippen LogP contribution in [0.3, 0.4) is 0 Å². The van der Waals surface area contributed by atoms with Gasteiger partial charge < -0.3 is 0 Å². The number of nitrogens with zero attached hydrogens (tertiary/aromatic N) is 2. The van der Waals surface area contributed by atoms with Crippen LogP contribution < -0.4 is 15.9 Å². The molecule has 5 nitrogen and oxygen atoms in total. The first kappa shape index (κ1) is 22.3. The van der Waals surface area contributed by atoms with Crippen LogP contribution in [0.4, 0.5) is 10.1 Å². The lowest BCUT2D eigenvalue weighted by molar-refractivity contribution is -0.128. The van der Waals surface area contributed by atoms with Crippen molar-refractivity contribution in [2.24, 2.45) is 5.92 Å². The smallest absolute Gasteiger partial charge is 0.253 e. The van der Waals surface area contributed by atoms with Crippen LogP contribution in [0.2, 0.25) is 10.0 Å². The van der Waals surface area contributed by atoms with Gasteiger partial charge in [0.1, 0.15) is 11.9 Å². The first-order valence-electron chi connectivity index (χ1n) is 10.8. The quantitative estimate of drug-likeness (QED) is 0.659. The molecule has 2 aliphatic heterocycles. The van der Waals surface area contributed by atoms with Gasteiger partial charge in [-0.2, -0.15) is 0 Å². The van der Waals surface area contributed by atoms with Gasteiger partial charge in [0.05, 0.1) is 16.8 Å². The first-order chi connectivity index (χ1) is 14.9. The maximum absolute atomic E-state index is 13.6. The second-order valence-electron chi connectivity index (χ2n) is 8.31. The van der Waals surface area contributed by atoms with Crippen LogP contribution >= 0.6 is 23.2 Å². The molecule has 2 aliphatic rings. The van der Waals surface area contributed by atoms with E-state index in [2.05, 4.69) is 10.9 Å². The van der Waals surface area contributed by atoms with E-state index >= 15 is 0 Å². The van der Waals surface area contributed by atoms with Gasteiger partial charge in [0.15, 0.2) is 0 Å². The fourth-order valence-electron chi connectivity index (χ4n) is 4.48. The first-order valence-corrected chi connectivity index (χ1v) is 11.5. The molecule has 31 heavy (non-hydrogen) atoms. The second kappa shape index (κ2) is 9.74. The molecular weight excluding hydrogens is 438 g/mol. The van der Waals surface area contributed by atoms with Crippen molar-refractivity contribution in [3.63, 3.8) is 0 Å². The predicted molar refractivity (Wildman–Crippen MR) is 122 cm³/mol. The molecule has 2 heterocycles. The molecule has 1 amide bonds. The molecule has 8 heteroatoms. The highest BCUT2D eigenvalue weighted by atomic mass is 35.5. The lowest BCUT2D eigenvalue weighted by Gasteiger charge is -2.29. The predicted octanol–water partition coefficient (Wildman–Crippen LogP) is 5.11. The van der Waals surface area contributed by atoms with Crippen molar-refractivity contribution in [1.82, 2.24) is 15.9 Å². The summed E-state index contributed by atoms with van der Waals surface area (Å²) in [5.74, 6) is -0.466. The molecule has 0 saturated carbocycles. The summed E-state index contributed by atoms with van der Waals surface area (Å²) in [6, 6.07) is 11.0. The molecular formula is C23H27Cl2FN4O. The maximum atomic E-state index is 13.6. The fraction of sp³-hybridized carbons (Fsp3) is 0.435. The summed E-state index contributed by atoms with van der Waals surface area (Å²) < 4.78 is 13.6. The highest BCUT2D eigenvalue weighted by molar-refractivity contribution is 6.36. The zero-order valence-electron chi connectivity index (χ0n) is 17.5. The van der Waals surface area contributed by atoms with Crippen LogP contribution in [0.1, 0.15) is 44.2 Å². The summed E-state index contributed by atoms with van der Waals surface area (Å²) in [6.45, 7) is 3.75. The zero-order chi connectivity index (χ0) is 22.0. The molecule has 2 aromatic rings. The normalized spacial score (nSPS) is 24.8. The number of anilines is 1. The number of hydrazine groups is 2. The second-order valence-corrected chi connectivity index (χ2v) is 9.15. The van der Waals surface area contributed by atoms with Crippen molar-refractivity contribution in [3.8, 4) is 0 Å². The Balaban J connectivity index is 1.62. The Morgan fingerprint density at radius 3 is 2.39 bits per heavy atom. The fourth-order valence-corrected chi connectivity index (χ4v) is 4.98. The Bertz CT molecular complexity index is 918. The molecule has 166 valence electrons. The molecule has 2 aromatic carbocycles. The molecule has 3 atom stereocenters. The molecule has 2 saturated heterocycles. The van der Waals surface area contributed by atoms with Crippen molar-refractivity contribution < 1.29 is 9.18 Å². The molecule has 0 aliphatic carbocycles. The van der Waals surface area contributed by atoms with Gasteiger partial charge in [0.2, 0.25) is 0 Å². The monoisotopic (exact) mass is 464 g/mol. The summed E-state index contributed by atoms with van der Waals surface area (Å²) in [6.07, 6.45) is 4.55. The number of hydrogen-bond acceptors (Lipinski definition) is 4. The van der Waals surface area contributed by atoms with E-state index in [0.29, 0.717) is 10.0 Å². The highest BCUT2D eigenvalue weighted by Gasteiger charge is 2.44. The van der Waals surface area contributed by atoms with Crippen molar-refractivity contribution in [1.29, 1.82) is 0 Å². The summed E-state index contributed by atoms with van der Waals surface area (Å²) >= 11 is 12.6. The Hall–Kier alpha value is -1.86. The van der Waals surface area contributed by atoms with E-state index in [1.807, 2.05) is 23.0 Å². The molecule has 0 spiro atoms. The molecule has 0 aromatic heterocycles. The minimum absolute atomic E-state index is 0.0749. The minimum Gasteiger partial charge on any atom is -0.298 e. The van der Waals surface area contributed by atoms with Gasteiger partial charge in [-0.25, -0.2) is 14.8 Å². The van der Waals surface area contributed by atoms with Crippen LogP contribution in [0.5, 0.6) is 0 Å². The molecule has 2 N–H and O–H groups in total. The largest absolute Gasteiger partial charge is 0.298 e. The van der Waals surface area contributed by atoms with E-state index in [1.165, 1.54) is 25.0 Å². The van der Waals surface area contributed by atoms with E-state index in [1.54, 1.807) is 24.3 Å². The molecule has 2 fully saturated rings. The van der Waals surface area contributed by atoms with Crippen LogP contribution in [-0.4, -0.2) is 30.0 Å². The number of carbonyl (C=O) groups excluding carboxylic acids is 1. The summed E-state index contributed by atoms with van der Waals surface area (Å²) in [7, 11) is 0. The van der Waals surface area contributed by atoms with E-state index < -0.39 is 6.04 Å². The van der Waals surface area contributed by atoms with Crippen molar-refractivity contribution in [2.75, 3.05) is 18.1 Å². The van der Waals surface area contributed by atoms with E-state index in [9.17, 15) is 9.18 Å². The third-order valence-corrected chi connectivity index (χ3v) is 6.66. The Morgan fingerprint density at radius 1 is 1.06 bits per heavy atom. The number of rotatable bonds is 4. The molecule has 0 radical (unpaired) electrons. The summed E-state index contributed by atoms with van der Waals surface area (Å²) in [4.78, 5) is 13.2. The number of halogens is 3. The van der Waals surface area contributed by atoms with Gasteiger partial charge in [0, 0.05) is 24.0 Å².